The molecule has 2 heterocycles. The number of nitrogens with zero attached hydrogens (tertiary/aromatic N) is 3. The van der Waals surface area contributed by atoms with Crippen molar-refractivity contribution in [1.82, 2.24) is 15.0 Å². The minimum atomic E-state index is 0.163. The highest BCUT2D eigenvalue weighted by Crippen LogP contribution is 2.30. The summed E-state index contributed by atoms with van der Waals surface area (Å²) in [6.45, 7) is 5.67. The Morgan fingerprint density at radius 2 is 2.07 bits per heavy atom. The highest BCUT2D eigenvalue weighted by molar-refractivity contribution is 5.77. The third-order valence-corrected chi connectivity index (χ3v) is 5.66. The van der Waals surface area contributed by atoms with Crippen molar-refractivity contribution >= 4 is 5.91 Å². The van der Waals surface area contributed by atoms with E-state index in [0.29, 0.717) is 43.6 Å². The SMILES string of the molecule is CC(C)c1ccc(-c2noc(CCC(=O)N3CCO[C@@H]4CCC[C@@H]43)n2)cc1. The van der Waals surface area contributed by atoms with Crippen LogP contribution < -0.4 is 0 Å². The number of hydrogen-bond acceptors (Lipinski definition) is 5. The average molecular weight is 369 g/mol. The lowest BCUT2D eigenvalue weighted by molar-refractivity contribution is -0.144. The van der Waals surface area contributed by atoms with Crippen LogP contribution in [0.4, 0.5) is 0 Å². The molecule has 1 aromatic carbocycles. The summed E-state index contributed by atoms with van der Waals surface area (Å²) in [5.74, 6) is 1.75. The summed E-state index contributed by atoms with van der Waals surface area (Å²) >= 11 is 0. The van der Waals surface area contributed by atoms with Crippen molar-refractivity contribution in [3.05, 3.63) is 35.7 Å². The van der Waals surface area contributed by atoms with Crippen LogP contribution in [0.25, 0.3) is 11.4 Å². The molecule has 4 rings (SSSR count). The van der Waals surface area contributed by atoms with Crippen LogP contribution in [-0.4, -0.2) is 46.2 Å². The van der Waals surface area contributed by atoms with Crippen molar-refractivity contribution < 1.29 is 14.1 Å². The van der Waals surface area contributed by atoms with E-state index in [4.69, 9.17) is 9.26 Å². The number of benzene rings is 1. The van der Waals surface area contributed by atoms with E-state index in [1.165, 1.54) is 5.56 Å². The van der Waals surface area contributed by atoms with E-state index in [-0.39, 0.29) is 18.1 Å². The van der Waals surface area contributed by atoms with Gasteiger partial charge in [0.2, 0.25) is 17.6 Å². The van der Waals surface area contributed by atoms with Crippen LogP contribution in [0, 0.1) is 0 Å². The van der Waals surface area contributed by atoms with Gasteiger partial charge in [0.15, 0.2) is 0 Å². The Kier molecular flexibility index (Phi) is 5.25. The van der Waals surface area contributed by atoms with Crippen LogP contribution in [0.5, 0.6) is 0 Å². The average Bonchev–Trinajstić information content (AvgIpc) is 3.35. The van der Waals surface area contributed by atoms with Crippen LogP contribution in [0.1, 0.15) is 56.9 Å². The largest absolute Gasteiger partial charge is 0.374 e. The minimum Gasteiger partial charge on any atom is -0.374 e. The second-order valence-electron chi connectivity index (χ2n) is 7.78. The number of hydrogen-bond donors (Lipinski definition) is 0. The highest BCUT2D eigenvalue weighted by Gasteiger charge is 2.38. The van der Waals surface area contributed by atoms with E-state index in [2.05, 4.69) is 36.1 Å². The summed E-state index contributed by atoms with van der Waals surface area (Å²) in [5, 5.41) is 4.07. The van der Waals surface area contributed by atoms with Gasteiger partial charge in [0.25, 0.3) is 0 Å². The zero-order chi connectivity index (χ0) is 18.8. The molecule has 0 unspecified atom stereocenters. The first kappa shape index (κ1) is 18.2. The van der Waals surface area contributed by atoms with E-state index in [1.54, 1.807) is 0 Å². The molecule has 2 fully saturated rings. The highest BCUT2D eigenvalue weighted by atomic mass is 16.5. The number of morpholine rings is 1. The molecular weight excluding hydrogens is 342 g/mol. The number of rotatable bonds is 5. The number of ether oxygens (including phenoxy) is 1. The van der Waals surface area contributed by atoms with Gasteiger partial charge in [-0.3, -0.25) is 4.79 Å². The molecule has 2 aromatic rings. The van der Waals surface area contributed by atoms with Crippen LogP contribution in [0.3, 0.4) is 0 Å². The molecule has 6 heteroatoms. The Hall–Kier alpha value is -2.21. The molecule has 0 N–H and O–H groups in total. The van der Waals surface area contributed by atoms with Gasteiger partial charge in [-0.15, -0.1) is 0 Å². The molecule has 1 saturated heterocycles. The summed E-state index contributed by atoms with van der Waals surface area (Å²) in [6.07, 6.45) is 4.36. The molecule has 6 nitrogen and oxygen atoms in total. The van der Waals surface area contributed by atoms with Gasteiger partial charge >= 0.3 is 0 Å². The maximum atomic E-state index is 12.7. The first-order chi connectivity index (χ1) is 13.1. The third-order valence-electron chi connectivity index (χ3n) is 5.66. The summed E-state index contributed by atoms with van der Waals surface area (Å²) < 4.78 is 11.2. The topological polar surface area (TPSA) is 68.5 Å². The summed E-state index contributed by atoms with van der Waals surface area (Å²) in [5.41, 5.74) is 2.21. The molecule has 1 saturated carbocycles. The van der Waals surface area contributed by atoms with Crippen molar-refractivity contribution in [2.24, 2.45) is 0 Å². The van der Waals surface area contributed by atoms with Gasteiger partial charge in [-0.05, 0) is 30.7 Å². The lowest BCUT2D eigenvalue weighted by Gasteiger charge is -2.37. The lowest BCUT2D eigenvalue weighted by Crippen LogP contribution is -2.51. The molecule has 0 spiro atoms. The van der Waals surface area contributed by atoms with E-state index < -0.39 is 0 Å². The summed E-state index contributed by atoms with van der Waals surface area (Å²) in [4.78, 5) is 19.1. The lowest BCUT2D eigenvalue weighted by atomic mass is 10.0. The zero-order valence-electron chi connectivity index (χ0n) is 16.1. The van der Waals surface area contributed by atoms with E-state index in [0.717, 1.165) is 24.8 Å². The molecule has 1 aliphatic heterocycles. The molecule has 2 aliphatic rings. The Bertz CT molecular complexity index is 784. The minimum absolute atomic E-state index is 0.163. The van der Waals surface area contributed by atoms with Gasteiger partial charge in [0, 0.05) is 24.9 Å². The number of aryl methyl sites for hydroxylation is 1. The smallest absolute Gasteiger partial charge is 0.227 e. The quantitative estimate of drug-likeness (QED) is 0.806. The van der Waals surface area contributed by atoms with Crippen LogP contribution in [-0.2, 0) is 16.0 Å². The number of carbonyl (C=O) groups excluding carboxylic acids is 1. The second-order valence-corrected chi connectivity index (χ2v) is 7.78. The first-order valence-corrected chi connectivity index (χ1v) is 9.96. The normalized spacial score (nSPS) is 22.3. The summed E-state index contributed by atoms with van der Waals surface area (Å²) in [7, 11) is 0. The number of fused-ring (bicyclic) bond motifs is 1. The Morgan fingerprint density at radius 1 is 1.26 bits per heavy atom. The maximum absolute atomic E-state index is 12.7. The predicted molar refractivity (Wildman–Crippen MR) is 101 cm³/mol. The van der Waals surface area contributed by atoms with Crippen LogP contribution >= 0.6 is 0 Å². The molecule has 1 aliphatic carbocycles. The van der Waals surface area contributed by atoms with Crippen molar-refractivity contribution in [3.8, 4) is 11.4 Å². The summed E-state index contributed by atoms with van der Waals surface area (Å²) in [6, 6.07) is 8.47. The van der Waals surface area contributed by atoms with Gasteiger partial charge in [-0.1, -0.05) is 43.3 Å². The van der Waals surface area contributed by atoms with Gasteiger partial charge < -0.3 is 14.2 Å². The second kappa shape index (κ2) is 7.80. The molecular formula is C21H27N3O3. The third kappa shape index (κ3) is 3.90. The molecule has 1 aromatic heterocycles. The van der Waals surface area contributed by atoms with Crippen molar-refractivity contribution in [2.45, 2.75) is 64.0 Å². The van der Waals surface area contributed by atoms with E-state index in [1.807, 2.05) is 17.0 Å². The Labute approximate surface area is 159 Å². The van der Waals surface area contributed by atoms with E-state index >= 15 is 0 Å². The fraction of sp³-hybridized carbons (Fsp3) is 0.571. The molecule has 1 amide bonds. The van der Waals surface area contributed by atoms with Crippen molar-refractivity contribution in [3.63, 3.8) is 0 Å². The van der Waals surface area contributed by atoms with Gasteiger partial charge in [0.05, 0.1) is 18.8 Å². The Balaban J connectivity index is 1.36. The first-order valence-electron chi connectivity index (χ1n) is 9.96. The standard InChI is InChI=1S/C21H27N3O3/c1-14(2)15-6-8-16(9-7-15)21-22-19(27-23-21)10-11-20(25)24-12-13-26-18-5-3-4-17(18)24/h6-9,14,17-18H,3-5,10-13H2,1-2H3/t17-,18+/m0/s1. The van der Waals surface area contributed by atoms with Gasteiger partial charge in [-0.25, -0.2) is 0 Å². The van der Waals surface area contributed by atoms with Gasteiger partial charge in [0.1, 0.15) is 0 Å². The molecule has 0 bridgehead atoms. The van der Waals surface area contributed by atoms with Crippen LogP contribution in [0.15, 0.2) is 28.8 Å². The molecule has 0 radical (unpaired) electrons. The van der Waals surface area contributed by atoms with Crippen molar-refractivity contribution in [2.75, 3.05) is 13.2 Å². The van der Waals surface area contributed by atoms with Gasteiger partial charge in [-0.2, -0.15) is 4.98 Å². The van der Waals surface area contributed by atoms with Crippen molar-refractivity contribution in [1.29, 1.82) is 0 Å². The van der Waals surface area contributed by atoms with Crippen LogP contribution in [0.2, 0.25) is 0 Å². The fourth-order valence-corrected chi connectivity index (χ4v) is 4.08. The number of carbonyl (C=O) groups is 1. The molecule has 2 atom stereocenters. The molecule has 144 valence electrons. The number of aromatic nitrogens is 2. The number of amides is 1. The molecule has 27 heavy (non-hydrogen) atoms. The fourth-order valence-electron chi connectivity index (χ4n) is 4.08. The predicted octanol–water partition coefficient (Wildman–Crippen LogP) is 3.57. The monoisotopic (exact) mass is 369 g/mol. The van der Waals surface area contributed by atoms with E-state index in [9.17, 15) is 4.79 Å². The zero-order valence-corrected chi connectivity index (χ0v) is 16.1. The Morgan fingerprint density at radius 3 is 2.85 bits per heavy atom. The maximum Gasteiger partial charge on any atom is 0.227 e.